The summed E-state index contributed by atoms with van der Waals surface area (Å²) >= 11 is 0. The van der Waals surface area contributed by atoms with Crippen molar-refractivity contribution in [1.82, 2.24) is 29.7 Å². The standard InChI is InChI=1S/C43H53FN8O3/c1-25(2)46-41(54)32-22-36(34(44)18-27(32)5)48-40-39-37(45-24-51(39)26(3)4)23-35(47-40)29-10-11-33-38(19-29)52(31-20-30(21-31)50-14-8-7-9-15-50)42(55)43(33)12-16-49(17-13-43)28(6)53/h10-11,18-19,22-26,30-31H,7-9,12-17,20-21H2,1-6H3,(H,46,54)(H,47,48)/t30-,31+. The van der Waals surface area contributed by atoms with Crippen molar-refractivity contribution >= 4 is 45.9 Å². The predicted octanol–water partition coefficient (Wildman–Crippen LogP) is 7.25. The normalized spacial score (nSPS) is 21.1. The maximum atomic E-state index is 15.7. The quantitative estimate of drug-likeness (QED) is 0.195. The highest BCUT2D eigenvalue weighted by Gasteiger charge is 2.55. The molecule has 11 nitrogen and oxygen atoms in total. The zero-order valence-corrected chi connectivity index (χ0v) is 32.9. The average molecular weight is 749 g/mol. The Morgan fingerprint density at radius 3 is 2.35 bits per heavy atom. The Morgan fingerprint density at radius 2 is 1.67 bits per heavy atom. The van der Waals surface area contributed by atoms with Crippen LogP contribution in [0.3, 0.4) is 0 Å². The van der Waals surface area contributed by atoms with E-state index in [9.17, 15) is 14.4 Å². The fourth-order valence-corrected chi connectivity index (χ4v) is 9.32. The maximum absolute atomic E-state index is 15.7. The van der Waals surface area contributed by atoms with Gasteiger partial charge in [0.2, 0.25) is 11.8 Å². The fraction of sp³-hybridized carbons (Fsp3) is 0.512. The molecule has 290 valence electrons. The molecule has 3 fully saturated rings. The molecular formula is C43H53FN8O3. The molecular weight excluding hydrogens is 696 g/mol. The van der Waals surface area contributed by atoms with Crippen LogP contribution in [0.5, 0.6) is 0 Å². The topological polar surface area (TPSA) is 116 Å². The number of imidazole rings is 1. The number of carbonyl (C=O) groups excluding carboxylic acids is 3. The van der Waals surface area contributed by atoms with Crippen molar-refractivity contribution in [1.29, 1.82) is 0 Å². The van der Waals surface area contributed by atoms with Crippen molar-refractivity contribution in [3.8, 4) is 11.3 Å². The zero-order chi connectivity index (χ0) is 38.8. The van der Waals surface area contributed by atoms with Crippen LogP contribution in [0.25, 0.3) is 22.3 Å². The second-order valence-corrected chi connectivity index (χ2v) is 16.7. The summed E-state index contributed by atoms with van der Waals surface area (Å²) < 4.78 is 17.7. The van der Waals surface area contributed by atoms with E-state index in [0.717, 1.165) is 48.3 Å². The van der Waals surface area contributed by atoms with Gasteiger partial charge in [-0.1, -0.05) is 18.6 Å². The van der Waals surface area contributed by atoms with Crippen LogP contribution in [0.2, 0.25) is 0 Å². The highest BCUT2D eigenvalue weighted by atomic mass is 19.1. The first kappa shape index (κ1) is 37.1. The molecule has 1 saturated carbocycles. The molecule has 0 radical (unpaired) electrons. The lowest BCUT2D eigenvalue weighted by Crippen LogP contribution is -2.58. The minimum absolute atomic E-state index is 0.0439. The highest BCUT2D eigenvalue weighted by Crippen LogP contribution is 2.52. The van der Waals surface area contributed by atoms with Gasteiger partial charge in [0.15, 0.2) is 5.82 Å². The molecule has 2 aromatic carbocycles. The van der Waals surface area contributed by atoms with E-state index in [1.165, 1.54) is 25.3 Å². The van der Waals surface area contributed by atoms with E-state index in [4.69, 9.17) is 9.97 Å². The van der Waals surface area contributed by atoms with Crippen molar-refractivity contribution in [2.45, 2.75) is 116 Å². The van der Waals surface area contributed by atoms with Crippen LogP contribution >= 0.6 is 0 Å². The van der Waals surface area contributed by atoms with Gasteiger partial charge in [0.1, 0.15) is 11.3 Å². The van der Waals surface area contributed by atoms with Crippen LogP contribution in [0.4, 0.5) is 21.6 Å². The average Bonchev–Trinajstić information content (AvgIpc) is 3.67. The Morgan fingerprint density at radius 1 is 0.945 bits per heavy atom. The number of carbonyl (C=O) groups is 3. The third kappa shape index (κ3) is 6.55. The van der Waals surface area contributed by atoms with Crippen molar-refractivity contribution in [3.05, 3.63) is 65.2 Å². The second kappa shape index (κ2) is 14.3. The molecule has 1 aliphatic carbocycles. The van der Waals surface area contributed by atoms with Gasteiger partial charge in [0.25, 0.3) is 5.91 Å². The number of benzene rings is 2. The first-order valence-electron chi connectivity index (χ1n) is 20.1. The smallest absolute Gasteiger partial charge is 0.251 e. The summed E-state index contributed by atoms with van der Waals surface area (Å²) in [5, 5.41) is 6.17. The van der Waals surface area contributed by atoms with E-state index < -0.39 is 11.2 Å². The number of nitrogens with one attached hydrogen (secondary N) is 2. The molecule has 2 aromatic heterocycles. The van der Waals surface area contributed by atoms with E-state index >= 15 is 4.39 Å². The summed E-state index contributed by atoms with van der Waals surface area (Å²) in [6.45, 7) is 14.6. The largest absolute Gasteiger partial charge is 0.350 e. The van der Waals surface area contributed by atoms with Gasteiger partial charge in [0, 0.05) is 61.0 Å². The number of likely N-dealkylation sites (tertiary alicyclic amines) is 2. The van der Waals surface area contributed by atoms with Gasteiger partial charge in [-0.05, 0) is 122 Å². The SMILES string of the molecule is CC(=O)N1CCC2(CC1)C(=O)N([C@H]1C[C@@H](N3CCCCC3)C1)c1cc(-c3cc4ncn(C(C)C)c4c(Nc4cc(C(=O)NC(C)C)c(C)cc4F)n3)ccc12. The first-order valence-corrected chi connectivity index (χ1v) is 20.1. The Balaban J connectivity index is 1.19. The number of aromatic nitrogens is 3. The van der Waals surface area contributed by atoms with Crippen LogP contribution < -0.4 is 15.5 Å². The van der Waals surface area contributed by atoms with Gasteiger partial charge in [-0.15, -0.1) is 0 Å². The molecule has 2 N–H and O–H groups in total. The monoisotopic (exact) mass is 748 g/mol. The van der Waals surface area contributed by atoms with E-state index in [0.29, 0.717) is 60.1 Å². The number of halogens is 1. The number of anilines is 3. The van der Waals surface area contributed by atoms with Gasteiger partial charge >= 0.3 is 0 Å². The summed E-state index contributed by atoms with van der Waals surface area (Å²) in [5.41, 5.74) is 5.22. The number of pyridine rings is 1. The number of hydrogen-bond acceptors (Lipinski definition) is 7. The lowest BCUT2D eigenvalue weighted by molar-refractivity contribution is -0.134. The van der Waals surface area contributed by atoms with Gasteiger partial charge in [0.05, 0.1) is 28.6 Å². The predicted molar refractivity (Wildman–Crippen MR) is 213 cm³/mol. The van der Waals surface area contributed by atoms with Crippen LogP contribution in [0.1, 0.15) is 107 Å². The van der Waals surface area contributed by atoms with E-state index in [2.05, 4.69) is 46.4 Å². The lowest BCUT2D eigenvalue weighted by atomic mass is 9.73. The number of hydrogen-bond donors (Lipinski definition) is 2. The van der Waals surface area contributed by atoms with Crippen LogP contribution in [0.15, 0.2) is 42.7 Å². The minimum atomic E-state index is -0.668. The molecule has 12 heteroatoms. The molecule has 0 bridgehead atoms. The maximum Gasteiger partial charge on any atom is 0.251 e. The minimum Gasteiger partial charge on any atom is -0.350 e. The van der Waals surface area contributed by atoms with Gasteiger partial charge in [-0.3, -0.25) is 14.4 Å². The number of aryl methyl sites for hydroxylation is 1. The molecule has 55 heavy (non-hydrogen) atoms. The molecule has 0 unspecified atom stereocenters. The van der Waals surface area contributed by atoms with Crippen molar-refractivity contribution in [2.24, 2.45) is 0 Å². The highest BCUT2D eigenvalue weighted by molar-refractivity contribution is 6.09. The van der Waals surface area contributed by atoms with E-state index in [-0.39, 0.29) is 41.5 Å². The lowest BCUT2D eigenvalue weighted by Gasteiger charge is -2.48. The van der Waals surface area contributed by atoms with Crippen LogP contribution in [-0.2, 0) is 15.0 Å². The molecule has 4 aromatic rings. The molecule has 0 atom stereocenters. The zero-order valence-electron chi connectivity index (χ0n) is 32.9. The Labute approximate surface area is 322 Å². The summed E-state index contributed by atoms with van der Waals surface area (Å²) in [6, 6.07) is 11.7. The molecule has 3 aliphatic heterocycles. The van der Waals surface area contributed by atoms with Crippen molar-refractivity contribution in [2.75, 3.05) is 36.4 Å². The van der Waals surface area contributed by atoms with Crippen molar-refractivity contribution in [3.63, 3.8) is 0 Å². The Hall–Kier alpha value is -4.84. The number of piperidine rings is 2. The molecule has 8 rings (SSSR count). The second-order valence-electron chi connectivity index (χ2n) is 16.7. The summed E-state index contributed by atoms with van der Waals surface area (Å²) in [5.74, 6) is -0.154. The van der Waals surface area contributed by atoms with Crippen molar-refractivity contribution < 1.29 is 18.8 Å². The van der Waals surface area contributed by atoms with E-state index in [1.807, 2.05) is 35.4 Å². The van der Waals surface area contributed by atoms with Gasteiger partial charge in [-0.25, -0.2) is 14.4 Å². The van der Waals surface area contributed by atoms with E-state index in [1.54, 1.807) is 26.2 Å². The summed E-state index contributed by atoms with van der Waals surface area (Å²) in [4.78, 5) is 56.6. The third-order valence-corrected chi connectivity index (χ3v) is 12.5. The van der Waals surface area contributed by atoms with Crippen LogP contribution in [0, 0.1) is 12.7 Å². The van der Waals surface area contributed by atoms with Gasteiger partial charge < -0.3 is 29.9 Å². The van der Waals surface area contributed by atoms with Gasteiger partial charge in [-0.2, -0.15) is 0 Å². The molecule has 5 heterocycles. The summed E-state index contributed by atoms with van der Waals surface area (Å²) in [6.07, 6.45) is 8.64. The fourth-order valence-electron chi connectivity index (χ4n) is 9.32. The molecule has 3 amide bonds. The Kier molecular flexibility index (Phi) is 9.68. The number of amides is 3. The Bertz CT molecular complexity index is 2160. The first-order chi connectivity index (χ1) is 26.3. The number of nitrogens with zero attached hydrogens (tertiary/aromatic N) is 6. The molecule has 4 aliphatic rings. The third-order valence-electron chi connectivity index (χ3n) is 12.5. The number of rotatable bonds is 8. The number of fused-ring (bicyclic) bond motifs is 3. The summed E-state index contributed by atoms with van der Waals surface area (Å²) in [7, 11) is 0. The van der Waals surface area contributed by atoms with Crippen LogP contribution in [-0.4, -0.2) is 86.4 Å². The molecule has 2 saturated heterocycles. The molecule has 1 spiro atoms.